The minimum Gasteiger partial charge on any atom is -0.374 e. The zero-order chi connectivity index (χ0) is 13.6. The summed E-state index contributed by atoms with van der Waals surface area (Å²) in [6, 6.07) is 0.519. The Labute approximate surface area is 114 Å². The summed E-state index contributed by atoms with van der Waals surface area (Å²) in [5.74, 6) is 1.53. The van der Waals surface area contributed by atoms with Crippen LogP contribution in [0.2, 0.25) is 0 Å². The van der Waals surface area contributed by atoms with Crippen LogP contribution < -0.4 is 5.32 Å². The lowest BCUT2D eigenvalue weighted by Crippen LogP contribution is -2.55. The molecular formula is C16H33NO. The molecule has 1 rings (SSSR count). The van der Waals surface area contributed by atoms with Crippen molar-refractivity contribution in [2.24, 2.45) is 11.8 Å². The second-order valence-corrected chi connectivity index (χ2v) is 6.44. The number of hydrogen-bond donors (Lipinski definition) is 1. The Morgan fingerprint density at radius 2 is 2.06 bits per heavy atom. The highest BCUT2D eigenvalue weighted by atomic mass is 16.5. The summed E-state index contributed by atoms with van der Waals surface area (Å²) < 4.78 is 6.29. The van der Waals surface area contributed by atoms with Gasteiger partial charge in [-0.2, -0.15) is 0 Å². The van der Waals surface area contributed by atoms with Crippen LogP contribution in [0.15, 0.2) is 0 Å². The lowest BCUT2D eigenvalue weighted by molar-refractivity contribution is -0.103. The number of likely N-dealkylation sites (N-methyl/N-ethyl adjacent to an activating group) is 1. The van der Waals surface area contributed by atoms with E-state index >= 15 is 0 Å². The molecule has 0 heterocycles. The lowest BCUT2D eigenvalue weighted by Gasteiger charge is -2.46. The van der Waals surface area contributed by atoms with Gasteiger partial charge in [0.25, 0.3) is 0 Å². The minimum absolute atomic E-state index is 0.0900. The fourth-order valence-corrected chi connectivity index (χ4v) is 3.58. The normalized spacial score (nSPS) is 30.7. The molecular weight excluding hydrogens is 222 g/mol. The molecule has 18 heavy (non-hydrogen) atoms. The largest absolute Gasteiger partial charge is 0.374 e. The van der Waals surface area contributed by atoms with Gasteiger partial charge < -0.3 is 10.1 Å². The van der Waals surface area contributed by atoms with E-state index in [0.717, 1.165) is 25.0 Å². The van der Waals surface area contributed by atoms with Crippen molar-refractivity contribution in [3.05, 3.63) is 0 Å². The molecule has 2 nitrogen and oxygen atoms in total. The van der Waals surface area contributed by atoms with Crippen LogP contribution in [0.4, 0.5) is 0 Å². The highest BCUT2D eigenvalue weighted by Gasteiger charge is 2.42. The molecule has 3 atom stereocenters. The Balaban J connectivity index is 2.82. The average Bonchev–Trinajstić information content (AvgIpc) is 2.28. The zero-order valence-corrected chi connectivity index (χ0v) is 13.1. The topological polar surface area (TPSA) is 21.3 Å². The summed E-state index contributed by atoms with van der Waals surface area (Å²) in [6.07, 6.45) is 6.37. The first-order chi connectivity index (χ1) is 8.54. The maximum absolute atomic E-state index is 6.29. The molecule has 0 aromatic carbocycles. The molecule has 1 N–H and O–H groups in total. The van der Waals surface area contributed by atoms with Gasteiger partial charge in [-0.3, -0.25) is 0 Å². The average molecular weight is 255 g/mol. The highest BCUT2D eigenvalue weighted by molar-refractivity contribution is 4.97. The monoisotopic (exact) mass is 255 g/mol. The fourth-order valence-electron chi connectivity index (χ4n) is 3.58. The van der Waals surface area contributed by atoms with E-state index in [1.54, 1.807) is 0 Å². The van der Waals surface area contributed by atoms with Crippen molar-refractivity contribution in [3.63, 3.8) is 0 Å². The van der Waals surface area contributed by atoms with Crippen molar-refractivity contribution in [2.45, 2.75) is 78.4 Å². The van der Waals surface area contributed by atoms with Crippen LogP contribution in [-0.4, -0.2) is 24.8 Å². The standard InChI is InChI=1S/C16H33NO/c1-6-17-15(11-13(3)4)16(18-7-2)10-8-9-14(5)12-16/h13-15,17H,6-12H2,1-5H3. The molecule has 3 unspecified atom stereocenters. The molecule has 1 saturated carbocycles. The Bertz CT molecular complexity index is 225. The number of ether oxygens (including phenoxy) is 1. The van der Waals surface area contributed by atoms with Crippen molar-refractivity contribution in [1.29, 1.82) is 0 Å². The predicted molar refractivity (Wildman–Crippen MR) is 78.9 cm³/mol. The third-order valence-corrected chi connectivity index (χ3v) is 4.22. The molecule has 0 amide bonds. The predicted octanol–water partition coefficient (Wildman–Crippen LogP) is 4.00. The Hall–Kier alpha value is -0.0800. The van der Waals surface area contributed by atoms with E-state index in [0.29, 0.717) is 6.04 Å². The van der Waals surface area contributed by atoms with E-state index in [2.05, 4.69) is 39.9 Å². The van der Waals surface area contributed by atoms with Crippen molar-refractivity contribution in [1.82, 2.24) is 5.32 Å². The van der Waals surface area contributed by atoms with E-state index in [4.69, 9.17) is 4.74 Å². The van der Waals surface area contributed by atoms with Gasteiger partial charge in [0, 0.05) is 12.6 Å². The van der Waals surface area contributed by atoms with E-state index in [-0.39, 0.29) is 5.60 Å². The van der Waals surface area contributed by atoms with Crippen LogP contribution in [0.3, 0.4) is 0 Å². The van der Waals surface area contributed by atoms with Gasteiger partial charge in [-0.05, 0) is 44.6 Å². The quantitative estimate of drug-likeness (QED) is 0.742. The molecule has 1 aliphatic carbocycles. The van der Waals surface area contributed by atoms with E-state index in [1.165, 1.54) is 32.1 Å². The summed E-state index contributed by atoms with van der Waals surface area (Å²) in [5, 5.41) is 3.70. The van der Waals surface area contributed by atoms with E-state index in [9.17, 15) is 0 Å². The Morgan fingerprint density at radius 3 is 2.56 bits per heavy atom. The van der Waals surface area contributed by atoms with Gasteiger partial charge >= 0.3 is 0 Å². The number of hydrogen-bond acceptors (Lipinski definition) is 2. The van der Waals surface area contributed by atoms with E-state index < -0.39 is 0 Å². The molecule has 0 saturated heterocycles. The van der Waals surface area contributed by atoms with E-state index in [1.807, 2.05) is 0 Å². The number of rotatable bonds is 7. The van der Waals surface area contributed by atoms with Gasteiger partial charge in [0.05, 0.1) is 5.60 Å². The highest BCUT2D eigenvalue weighted by Crippen LogP contribution is 2.39. The van der Waals surface area contributed by atoms with Gasteiger partial charge in [0.15, 0.2) is 0 Å². The second kappa shape index (κ2) is 7.49. The molecule has 0 aliphatic heterocycles. The first-order valence-corrected chi connectivity index (χ1v) is 7.91. The maximum atomic E-state index is 6.29. The molecule has 0 spiro atoms. The second-order valence-electron chi connectivity index (χ2n) is 6.44. The van der Waals surface area contributed by atoms with Crippen molar-refractivity contribution in [3.8, 4) is 0 Å². The maximum Gasteiger partial charge on any atom is 0.0837 e. The van der Waals surface area contributed by atoms with Crippen molar-refractivity contribution < 1.29 is 4.74 Å². The lowest BCUT2D eigenvalue weighted by atomic mass is 9.72. The van der Waals surface area contributed by atoms with Gasteiger partial charge in [0.1, 0.15) is 0 Å². The van der Waals surface area contributed by atoms with Gasteiger partial charge in [0.2, 0.25) is 0 Å². The first-order valence-electron chi connectivity index (χ1n) is 7.91. The van der Waals surface area contributed by atoms with Crippen LogP contribution in [0, 0.1) is 11.8 Å². The molecule has 0 radical (unpaired) electrons. The smallest absolute Gasteiger partial charge is 0.0837 e. The van der Waals surface area contributed by atoms with Gasteiger partial charge in [-0.25, -0.2) is 0 Å². The van der Waals surface area contributed by atoms with Gasteiger partial charge in [-0.15, -0.1) is 0 Å². The molecule has 0 bridgehead atoms. The zero-order valence-electron chi connectivity index (χ0n) is 13.1. The summed E-state index contributed by atoms with van der Waals surface area (Å²) in [4.78, 5) is 0. The van der Waals surface area contributed by atoms with Crippen LogP contribution in [0.5, 0.6) is 0 Å². The summed E-state index contributed by atoms with van der Waals surface area (Å²) >= 11 is 0. The Morgan fingerprint density at radius 1 is 1.33 bits per heavy atom. The third kappa shape index (κ3) is 4.24. The third-order valence-electron chi connectivity index (χ3n) is 4.22. The molecule has 0 aromatic rings. The summed E-state index contributed by atoms with van der Waals surface area (Å²) in [7, 11) is 0. The van der Waals surface area contributed by atoms with Crippen LogP contribution in [0.1, 0.15) is 66.7 Å². The van der Waals surface area contributed by atoms with Crippen molar-refractivity contribution >= 4 is 0 Å². The fraction of sp³-hybridized carbons (Fsp3) is 1.00. The summed E-state index contributed by atoms with van der Waals surface area (Å²) in [6.45, 7) is 13.2. The van der Waals surface area contributed by atoms with Crippen LogP contribution >= 0.6 is 0 Å². The molecule has 108 valence electrons. The van der Waals surface area contributed by atoms with Crippen LogP contribution in [-0.2, 0) is 4.74 Å². The van der Waals surface area contributed by atoms with Crippen molar-refractivity contribution in [2.75, 3.05) is 13.2 Å². The Kier molecular flexibility index (Phi) is 6.65. The molecule has 1 aliphatic rings. The summed E-state index contributed by atoms with van der Waals surface area (Å²) in [5.41, 5.74) is 0.0900. The molecule has 2 heteroatoms. The SMILES string of the molecule is CCNC(CC(C)C)C1(OCC)CCCC(C)C1. The minimum atomic E-state index is 0.0900. The van der Waals surface area contributed by atoms with Crippen LogP contribution in [0.25, 0.3) is 0 Å². The first kappa shape index (κ1) is 16.0. The molecule has 0 aromatic heterocycles. The molecule has 1 fully saturated rings. The van der Waals surface area contributed by atoms with Gasteiger partial charge in [-0.1, -0.05) is 40.5 Å². The number of nitrogens with one attached hydrogen (secondary N) is 1.